The highest BCUT2D eigenvalue weighted by Crippen LogP contribution is 2.29. The predicted octanol–water partition coefficient (Wildman–Crippen LogP) is 2.79. The molecule has 16 heavy (non-hydrogen) atoms. The van der Waals surface area contributed by atoms with Gasteiger partial charge in [0.1, 0.15) is 5.01 Å². The molecule has 4 heteroatoms. The van der Waals surface area contributed by atoms with Gasteiger partial charge in [-0.25, -0.2) is 4.98 Å². The molecule has 3 nitrogen and oxygen atoms in total. The van der Waals surface area contributed by atoms with Crippen LogP contribution in [0.2, 0.25) is 0 Å². The molecule has 0 radical (unpaired) electrons. The van der Waals surface area contributed by atoms with Crippen molar-refractivity contribution in [3.8, 4) is 10.6 Å². The fourth-order valence-corrected chi connectivity index (χ4v) is 2.53. The van der Waals surface area contributed by atoms with Gasteiger partial charge in [0.05, 0.1) is 0 Å². The Morgan fingerprint density at radius 2 is 2.19 bits per heavy atom. The quantitative estimate of drug-likeness (QED) is 0.885. The van der Waals surface area contributed by atoms with Gasteiger partial charge in [-0.1, -0.05) is 0 Å². The van der Waals surface area contributed by atoms with E-state index < -0.39 is 0 Å². The highest BCUT2D eigenvalue weighted by molar-refractivity contribution is 7.15. The molecule has 1 N–H and O–H groups in total. The van der Waals surface area contributed by atoms with E-state index in [2.05, 4.69) is 29.1 Å². The highest BCUT2D eigenvalue weighted by atomic mass is 32.1. The lowest BCUT2D eigenvalue weighted by Gasteiger charge is -2.05. The molecule has 1 atom stereocenters. The number of rotatable bonds is 3. The van der Waals surface area contributed by atoms with Crippen LogP contribution in [0.5, 0.6) is 0 Å². The zero-order valence-corrected chi connectivity index (χ0v) is 10.5. The summed E-state index contributed by atoms with van der Waals surface area (Å²) in [6.07, 6.45) is 5.63. The molecule has 0 saturated carbocycles. The van der Waals surface area contributed by atoms with Crippen LogP contribution in [-0.4, -0.2) is 17.0 Å². The normalized spacial score (nSPS) is 12.7. The fourth-order valence-electron chi connectivity index (χ4n) is 1.47. The lowest BCUT2D eigenvalue weighted by molar-refractivity contribution is 0.662. The first-order valence-corrected chi connectivity index (χ1v) is 6.08. The van der Waals surface area contributed by atoms with Crippen LogP contribution in [0.4, 0.5) is 0 Å². The molecular weight excluding hydrogens is 218 g/mol. The maximum absolute atomic E-state index is 4.47. The first-order chi connectivity index (χ1) is 7.72. The van der Waals surface area contributed by atoms with Crippen LogP contribution in [0.15, 0.2) is 24.7 Å². The van der Waals surface area contributed by atoms with Gasteiger partial charge < -0.3 is 5.32 Å². The van der Waals surface area contributed by atoms with E-state index in [0.717, 1.165) is 5.01 Å². The average Bonchev–Trinajstić information content (AvgIpc) is 2.78. The molecule has 0 aromatic carbocycles. The maximum atomic E-state index is 4.47. The van der Waals surface area contributed by atoms with Crippen molar-refractivity contribution in [2.45, 2.75) is 19.9 Å². The van der Waals surface area contributed by atoms with Crippen molar-refractivity contribution in [1.82, 2.24) is 15.3 Å². The monoisotopic (exact) mass is 233 g/mol. The van der Waals surface area contributed by atoms with Crippen molar-refractivity contribution in [3.05, 3.63) is 35.1 Å². The first kappa shape index (κ1) is 11.2. The molecule has 2 heterocycles. The van der Waals surface area contributed by atoms with Crippen LogP contribution in [0, 0.1) is 6.92 Å². The molecule has 2 aromatic heterocycles. The van der Waals surface area contributed by atoms with Crippen molar-refractivity contribution < 1.29 is 0 Å². The molecule has 84 valence electrons. The first-order valence-electron chi connectivity index (χ1n) is 5.26. The number of pyridine rings is 1. The van der Waals surface area contributed by atoms with Crippen LogP contribution in [0.3, 0.4) is 0 Å². The maximum Gasteiger partial charge on any atom is 0.123 e. The molecule has 2 aromatic rings. The number of thiazole rings is 1. The van der Waals surface area contributed by atoms with Crippen molar-refractivity contribution in [2.75, 3.05) is 7.05 Å². The van der Waals surface area contributed by atoms with Gasteiger partial charge in [0.15, 0.2) is 0 Å². The average molecular weight is 233 g/mol. The summed E-state index contributed by atoms with van der Waals surface area (Å²) in [6, 6.07) is 2.37. The molecule has 0 spiro atoms. The van der Waals surface area contributed by atoms with Crippen molar-refractivity contribution in [3.63, 3.8) is 0 Å². The standard InChI is InChI=1S/C12H15N3S/c1-8-6-14-5-4-10(8)12-15-7-11(16-12)9(2)13-3/h4-7,9,13H,1-3H3. The molecule has 2 rings (SSSR count). The van der Waals surface area contributed by atoms with Gasteiger partial charge in [-0.2, -0.15) is 0 Å². The van der Waals surface area contributed by atoms with Gasteiger partial charge in [0.2, 0.25) is 0 Å². The number of aryl methyl sites for hydroxylation is 1. The summed E-state index contributed by atoms with van der Waals surface area (Å²) < 4.78 is 0. The molecule has 0 fully saturated rings. The molecule has 0 bridgehead atoms. The Morgan fingerprint density at radius 1 is 1.38 bits per heavy atom. The third-order valence-corrected chi connectivity index (χ3v) is 3.85. The lowest BCUT2D eigenvalue weighted by atomic mass is 10.2. The summed E-state index contributed by atoms with van der Waals surface area (Å²) in [4.78, 5) is 9.82. The summed E-state index contributed by atoms with van der Waals surface area (Å²) in [7, 11) is 1.96. The van der Waals surface area contributed by atoms with Crippen LogP contribution < -0.4 is 5.32 Å². The Hall–Kier alpha value is -1.26. The number of aromatic nitrogens is 2. The third-order valence-electron chi connectivity index (χ3n) is 2.63. The Balaban J connectivity index is 2.35. The van der Waals surface area contributed by atoms with E-state index in [4.69, 9.17) is 0 Å². The Labute approximate surface area is 99.6 Å². The molecule has 0 aliphatic carbocycles. The molecule has 0 aliphatic rings. The summed E-state index contributed by atoms with van der Waals surface area (Å²) in [5.41, 5.74) is 2.34. The van der Waals surface area contributed by atoms with Crippen LogP contribution >= 0.6 is 11.3 Å². The number of hydrogen-bond acceptors (Lipinski definition) is 4. The van der Waals surface area contributed by atoms with E-state index in [1.54, 1.807) is 11.3 Å². The molecule has 1 unspecified atom stereocenters. The van der Waals surface area contributed by atoms with Gasteiger partial charge in [0, 0.05) is 35.1 Å². The van der Waals surface area contributed by atoms with E-state index in [1.165, 1.54) is 16.0 Å². The van der Waals surface area contributed by atoms with Gasteiger partial charge in [-0.05, 0) is 32.5 Å². The second-order valence-corrected chi connectivity index (χ2v) is 4.83. The number of hydrogen-bond donors (Lipinski definition) is 1. The van der Waals surface area contributed by atoms with Crippen LogP contribution in [0.1, 0.15) is 23.4 Å². The van der Waals surface area contributed by atoms with Crippen LogP contribution in [-0.2, 0) is 0 Å². The molecular formula is C12H15N3S. The highest BCUT2D eigenvalue weighted by Gasteiger charge is 2.10. The van der Waals surface area contributed by atoms with E-state index in [1.807, 2.05) is 31.7 Å². The summed E-state index contributed by atoms with van der Waals surface area (Å²) >= 11 is 1.73. The summed E-state index contributed by atoms with van der Waals surface area (Å²) in [6.45, 7) is 4.20. The predicted molar refractivity (Wildman–Crippen MR) is 67.6 cm³/mol. The minimum atomic E-state index is 0.355. The van der Waals surface area contributed by atoms with E-state index >= 15 is 0 Å². The van der Waals surface area contributed by atoms with Crippen molar-refractivity contribution >= 4 is 11.3 Å². The minimum Gasteiger partial charge on any atom is -0.312 e. The topological polar surface area (TPSA) is 37.8 Å². The molecule has 0 amide bonds. The fraction of sp³-hybridized carbons (Fsp3) is 0.333. The zero-order valence-electron chi connectivity index (χ0n) is 9.69. The zero-order chi connectivity index (χ0) is 11.5. The smallest absolute Gasteiger partial charge is 0.123 e. The minimum absolute atomic E-state index is 0.355. The van der Waals surface area contributed by atoms with Gasteiger partial charge in [-0.15, -0.1) is 11.3 Å². The number of nitrogens with zero attached hydrogens (tertiary/aromatic N) is 2. The molecule has 0 saturated heterocycles. The Kier molecular flexibility index (Phi) is 3.31. The second kappa shape index (κ2) is 4.72. The van der Waals surface area contributed by atoms with Crippen molar-refractivity contribution in [2.24, 2.45) is 0 Å². The van der Waals surface area contributed by atoms with Crippen molar-refractivity contribution in [1.29, 1.82) is 0 Å². The molecule has 0 aliphatic heterocycles. The van der Waals surface area contributed by atoms with E-state index in [9.17, 15) is 0 Å². The summed E-state index contributed by atoms with van der Waals surface area (Å²) in [5, 5.41) is 4.29. The van der Waals surface area contributed by atoms with Gasteiger partial charge in [0.25, 0.3) is 0 Å². The summed E-state index contributed by atoms with van der Waals surface area (Å²) in [5.74, 6) is 0. The Morgan fingerprint density at radius 3 is 2.88 bits per heavy atom. The SMILES string of the molecule is CNC(C)c1cnc(-c2ccncc2C)s1. The largest absolute Gasteiger partial charge is 0.312 e. The third kappa shape index (κ3) is 2.13. The van der Waals surface area contributed by atoms with Crippen LogP contribution in [0.25, 0.3) is 10.6 Å². The van der Waals surface area contributed by atoms with E-state index in [0.29, 0.717) is 6.04 Å². The lowest BCUT2D eigenvalue weighted by Crippen LogP contribution is -2.10. The Bertz CT molecular complexity index is 479. The number of nitrogens with one attached hydrogen (secondary N) is 1. The van der Waals surface area contributed by atoms with Gasteiger partial charge >= 0.3 is 0 Å². The van der Waals surface area contributed by atoms with E-state index in [-0.39, 0.29) is 0 Å². The second-order valence-electron chi connectivity index (χ2n) is 3.77. The van der Waals surface area contributed by atoms with Gasteiger partial charge in [-0.3, -0.25) is 4.98 Å².